The third-order valence-corrected chi connectivity index (χ3v) is 3.01. The summed E-state index contributed by atoms with van der Waals surface area (Å²) in [5.41, 5.74) is 6.75. The summed E-state index contributed by atoms with van der Waals surface area (Å²) in [7, 11) is 0. The van der Waals surface area contributed by atoms with E-state index >= 15 is 0 Å². The van der Waals surface area contributed by atoms with Gasteiger partial charge in [-0.05, 0) is 37.1 Å². The standard InChI is InChI=1S/C14H19BrF3NO2/c1-10(19)7-11-8-12(15)3-4-13(11)21-6-2-5-20-9-14(16,17)18/h3-4,8,10H,2,5-7,9,19H2,1H3. The van der Waals surface area contributed by atoms with E-state index in [-0.39, 0.29) is 12.6 Å². The predicted molar refractivity (Wildman–Crippen MR) is 78.5 cm³/mol. The van der Waals surface area contributed by atoms with Crippen LogP contribution in [0.15, 0.2) is 22.7 Å². The van der Waals surface area contributed by atoms with Gasteiger partial charge >= 0.3 is 6.18 Å². The Balaban J connectivity index is 2.38. The van der Waals surface area contributed by atoms with Crippen molar-refractivity contribution in [3.05, 3.63) is 28.2 Å². The lowest BCUT2D eigenvalue weighted by Crippen LogP contribution is -2.19. The number of benzene rings is 1. The van der Waals surface area contributed by atoms with Crippen LogP contribution in [0.2, 0.25) is 0 Å². The van der Waals surface area contributed by atoms with E-state index in [4.69, 9.17) is 10.5 Å². The molecule has 21 heavy (non-hydrogen) atoms. The minimum Gasteiger partial charge on any atom is -0.493 e. The van der Waals surface area contributed by atoms with Crippen LogP contribution in [0.1, 0.15) is 18.9 Å². The molecule has 0 aliphatic heterocycles. The van der Waals surface area contributed by atoms with Gasteiger partial charge in [-0.2, -0.15) is 13.2 Å². The van der Waals surface area contributed by atoms with Crippen LogP contribution in [0.25, 0.3) is 0 Å². The van der Waals surface area contributed by atoms with E-state index in [2.05, 4.69) is 20.7 Å². The lowest BCUT2D eigenvalue weighted by Gasteiger charge is -2.14. The van der Waals surface area contributed by atoms with E-state index in [9.17, 15) is 13.2 Å². The molecule has 1 aromatic rings. The van der Waals surface area contributed by atoms with E-state index in [0.717, 1.165) is 10.0 Å². The van der Waals surface area contributed by atoms with Gasteiger partial charge in [0.2, 0.25) is 0 Å². The summed E-state index contributed by atoms with van der Waals surface area (Å²) in [5, 5.41) is 0. The molecule has 0 aliphatic carbocycles. The fourth-order valence-electron chi connectivity index (χ4n) is 1.73. The van der Waals surface area contributed by atoms with Crippen molar-refractivity contribution in [2.75, 3.05) is 19.8 Å². The molecule has 3 nitrogen and oxygen atoms in total. The Hall–Kier alpha value is -0.790. The van der Waals surface area contributed by atoms with Crippen LogP contribution in [0.4, 0.5) is 13.2 Å². The molecule has 0 aromatic heterocycles. The van der Waals surface area contributed by atoms with Gasteiger partial charge in [-0.1, -0.05) is 15.9 Å². The Morgan fingerprint density at radius 3 is 2.62 bits per heavy atom. The Morgan fingerprint density at radius 2 is 2.00 bits per heavy atom. The first-order valence-corrected chi connectivity index (χ1v) is 7.38. The first kappa shape index (κ1) is 18.3. The maximum absolute atomic E-state index is 11.9. The lowest BCUT2D eigenvalue weighted by molar-refractivity contribution is -0.174. The van der Waals surface area contributed by atoms with Crippen molar-refractivity contribution in [1.82, 2.24) is 0 Å². The highest BCUT2D eigenvalue weighted by Gasteiger charge is 2.27. The van der Waals surface area contributed by atoms with Gasteiger partial charge in [-0.25, -0.2) is 0 Å². The largest absolute Gasteiger partial charge is 0.493 e. The SMILES string of the molecule is CC(N)Cc1cc(Br)ccc1OCCCOCC(F)(F)F. The van der Waals surface area contributed by atoms with E-state index < -0.39 is 12.8 Å². The molecule has 0 saturated heterocycles. The molecule has 1 aromatic carbocycles. The second kappa shape index (κ2) is 8.60. The number of ether oxygens (including phenoxy) is 2. The summed E-state index contributed by atoms with van der Waals surface area (Å²) in [6.45, 7) is 0.987. The number of rotatable bonds is 8. The second-order valence-electron chi connectivity index (χ2n) is 4.80. The molecule has 0 aliphatic rings. The van der Waals surface area contributed by atoms with Crippen molar-refractivity contribution in [2.24, 2.45) is 5.73 Å². The molecule has 120 valence electrons. The van der Waals surface area contributed by atoms with Gasteiger partial charge in [0.1, 0.15) is 12.4 Å². The smallest absolute Gasteiger partial charge is 0.411 e. The van der Waals surface area contributed by atoms with Gasteiger partial charge in [-0.3, -0.25) is 0 Å². The molecule has 1 unspecified atom stereocenters. The van der Waals surface area contributed by atoms with E-state index in [1.54, 1.807) is 0 Å². The van der Waals surface area contributed by atoms with Gasteiger partial charge < -0.3 is 15.2 Å². The molecule has 7 heteroatoms. The summed E-state index contributed by atoms with van der Waals surface area (Å²) < 4.78 is 46.6. The minimum absolute atomic E-state index is 0.00299. The van der Waals surface area contributed by atoms with E-state index in [1.165, 1.54) is 0 Å². The molecule has 0 heterocycles. The highest BCUT2D eigenvalue weighted by Crippen LogP contribution is 2.24. The van der Waals surface area contributed by atoms with E-state index in [1.807, 2.05) is 25.1 Å². The topological polar surface area (TPSA) is 44.5 Å². The van der Waals surface area contributed by atoms with Crippen LogP contribution in [-0.2, 0) is 11.2 Å². The fourth-order valence-corrected chi connectivity index (χ4v) is 2.13. The predicted octanol–water partition coefficient (Wildman–Crippen LogP) is 3.69. The summed E-state index contributed by atoms with van der Waals surface area (Å²) in [4.78, 5) is 0. The maximum atomic E-state index is 11.9. The average Bonchev–Trinajstić information content (AvgIpc) is 2.33. The zero-order valence-corrected chi connectivity index (χ0v) is 13.3. The molecule has 0 saturated carbocycles. The Morgan fingerprint density at radius 1 is 1.29 bits per heavy atom. The highest BCUT2D eigenvalue weighted by atomic mass is 79.9. The number of hydrogen-bond donors (Lipinski definition) is 1. The number of nitrogens with two attached hydrogens (primary N) is 1. The lowest BCUT2D eigenvalue weighted by atomic mass is 10.1. The third kappa shape index (κ3) is 8.28. The van der Waals surface area contributed by atoms with Gasteiger partial charge in [0, 0.05) is 16.9 Å². The molecule has 0 radical (unpaired) electrons. The van der Waals surface area contributed by atoms with Crippen LogP contribution in [0, 0.1) is 0 Å². The monoisotopic (exact) mass is 369 g/mol. The average molecular weight is 370 g/mol. The van der Waals surface area contributed by atoms with Crippen molar-refractivity contribution >= 4 is 15.9 Å². The molecular weight excluding hydrogens is 351 g/mol. The van der Waals surface area contributed by atoms with Crippen LogP contribution >= 0.6 is 15.9 Å². The maximum Gasteiger partial charge on any atom is 0.411 e. The van der Waals surface area contributed by atoms with Crippen LogP contribution in [0.3, 0.4) is 0 Å². The van der Waals surface area contributed by atoms with Crippen LogP contribution < -0.4 is 10.5 Å². The zero-order valence-electron chi connectivity index (χ0n) is 11.8. The second-order valence-corrected chi connectivity index (χ2v) is 5.72. The van der Waals surface area contributed by atoms with Crippen LogP contribution in [0.5, 0.6) is 5.75 Å². The first-order valence-electron chi connectivity index (χ1n) is 6.59. The zero-order chi connectivity index (χ0) is 15.9. The highest BCUT2D eigenvalue weighted by molar-refractivity contribution is 9.10. The quantitative estimate of drug-likeness (QED) is 0.710. The van der Waals surface area contributed by atoms with Crippen molar-refractivity contribution in [1.29, 1.82) is 0 Å². The molecule has 0 fully saturated rings. The van der Waals surface area contributed by atoms with Gasteiger partial charge in [-0.15, -0.1) is 0 Å². The van der Waals surface area contributed by atoms with Crippen molar-refractivity contribution < 1.29 is 22.6 Å². The summed E-state index contributed by atoms with van der Waals surface area (Å²) >= 11 is 3.38. The molecule has 0 spiro atoms. The molecule has 1 atom stereocenters. The van der Waals surface area contributed by atoms with E-state index in [0.29, 0.717) is 25.2 Å². The molecule has 2 N–H and O–H groups in total. The van der Waals surface area contributed by atoms with Gasteiger partial charge in [0.15, 0.2) is 0 Å². The minimum atomic E-state index is -4.28. The normalized spacial score (nSPS) is 13.2. The fraction of sp³-hybridized carbons (Fsp3) is 0.571. The first-order chi connectivity index (χ1) is 9.78. The molecule has 0 amide bonds. The Kier molecular flexibility index (Phi) is 7.48. The van der Waals surface area contributed by atoms with Gasteiger partial charge in [0.25, 0.3) is 0 Å². The Labute approximate surface area is 130 Å². The molecule has 0 bridgehead atoms. The third-order valence-electron chi connectivity index (χ3n) is 2.52. The number of alkyl halides is 3. The van der Waals surface area contributed by atoms with Crippen molar-refractivity contribution in [3.8, 4) is 5.75 Å². The van der Waals surface area contributed by atoms with Crippen molar-refractivity contribution in [2.45, 2.75) is 32.0 Å². The summed E-state index contributed by atoms with van der Waals surface area (Å²) in [6, 6.07) is 5.59. The summed E-state index contributed by atoms with van der Waals surface area (Å²) in [6.07, 6.45) is -3.22. The summed E-state index contributed by atoms with van der Waals surface area (Å²) in [5.74, 6) is 0.700. The number of halogens is 4. The Bertz CT molecular complexity index is 439. The van der Waals surface area contributed by atoms with Crippen molar-refractivity contribution in [3.63, 3.8) is 0 Å². The molecular formula is C14H19BrF3NO2. The van der Waals surface area contributed by atoms with Crippen LogP contribution in [-0.4, -0.2) is 32.0 Å². The number of hydrogen-bond acceptors (Lipinski definition) is 3. The van der Waals surface area contributed by atoms with Gasteiger partial charge in [0.05, 0.1) is 13.2 Å². The molecule has 1 rings (SSSR count).